The first-order valence-electron chi connectivity index (χ1n) is 2.53. The molecule has 9 heavy (non-hydrogen) atoms. The molecule has 2 unspecified atom stereocenters. The summed E-state index contributed by atoms with van der Waals surface area (Å²) in [4.78, 5) is 10.5. The Labute approximate surface area is 52.0 Å². The van der Waals surface area contributed by atoms with Crippen molar-refractivity contribution < 1.29 is 4.79 Å². The highest BCUT2D eigenvalue weighted by atomic mass is 16.2. The Bertz CT molecular complexity index is 113. The van der Waals surface area contributed by atoms with Crippen LogP contribution < -0.4 is 27.4 Å². The van der Waals surface area contributed by atoms with Crippen molar-refractivity contribution in [3.63, 3.8) is 0 Å². The third kappa shape index (κ3) is 1.53. The Kier molecular flexibility index (Phi) is 1.52. The average Bonchev–Trinajstić information content (AvgIpc) is 1.59. The lowest BCUT2D eigenvalue weighted by Gasteiger charge is -2.27. The van der Waals surface area contributed by atoms with Crippen LogP contribution in [0.5, 0.6) is 0 Å². The minimum Gasteiger partial charge on any atom is -0.310 e. The van der Waals surface area contributed by atoms with Gasteiger partial charge in [-0.15, -0.1) is 0 Å². The van der Waals surface area contributed by atoms with E-state index in [0.29, 0.717) is 0 Å². The van der Waals surface area contributed by atoms with Gasteiger partial charge in [-0.3, -0.25) is 16.8 Å². The molecule has 1 rings (SSSR count). The molecular formula is C3H9N5O. The lowest BCUT2D eigenvalue weighted by Crippen LogP contribution is -2.70. The number of amides is 2. The van der Waals surface area contributed by atoms with E-state index >= 15 is 0 Å². The fourth-order valence-corrected chi connectivity index (χ4v) is 0.601. The molecule has 0 bridgehead atoms. The number of rotatable bonds is 0. The molecule has 2 atom stereocenters. The molecule has 0 aromatic carbocycles. The lowest BCUT2D eigenvalue weighted by molar-refractivity contribution is 0.209. The number of carbonyl (C=O) groups is 1. The largest absolute Gasteiger partial charge is 0.319 e. The summed E-state index contributed by atoms with van der Waals surface area (Å²) in [6.07, 6.45) is -1.09. The molecule has 1 aliphatic rings. The maximum Gasteiger partial charge on any atom is 0.319 e. The van der Waals surface area contributed by atoms with E-state index < -0.39 is 12.6 Å². The molecule has 1 aliphatic heterocycles. The van der Waals surface area contributed by atoms with Crippen molar-refractivity contribution >= 4 is 6.03 Å². The van der Waals surface area contributed by atoms with E-state index in [-0.39, 0.29) is 6.03 Å². The molecule has 7 N–H and O–H groups in total. The van der Waals surface area contributed by atoms with Crippen LogP contribution in [-0.4, -0.2) is 18.6 Å². The van der Waals surface area contributed by atoms with E-state index in [1.165, 1.54) is 0 Å². The quantitative estimate of drug-likeness (QED) is 0.234. The van der Waals surface area contributed by atoms with E-state index in [0.717, 1.165) is 0 Å². The summed E-state index contributed by atoms with van der Waals surface area (Å²) in [5.74, 6) is 0. The van der Waals surface area contributed by atoms with Crippen molar-refractivity contribution in [1.82, 2.24) is 16.0 Å². The second-order valence-electron chi connectivity index (χ2n) is 1.74. The first-order valence-corrected chi connectivity index (χ1v) is 2.53. The van der Waals surface area contributed by atoms with Gasteiger partial charge in [0, 0.05) is 0 Å². The highest BCUT2D eigenvalue weighted by Gasteiger charge is 2.17. The maximum absolute atomic E-state index is 10.5. The number of hydrogen-bond acceptors (Lipinski definition) is 4. The van der Waals surface area contributed by atoms with Crippen molar-refractivity contribution in [2.45, 2.75) is 12.6 Å². The third-order valence-corrected chi connectivity index (χ3v) is 0.932. The molecule has 0 aromatic heterocycles. The van der Waals surface area contributed by atoms with Gasteiger partial charge in [0.05, 0.1) is 0 Å². The first-order chi connectivity index (χ1) is 4.18. The van der Waals surface area contributed by atoms with E-state index in [1.54, 1.807) is 0 Å². The predicted molar refractivity (Wildman–Crippen MR) is 30.8 cm³/mol. The van der Waals surface area contributed by atoms with Crippen LogP contribution in [0.15, 0.2) is 0 Å². The van der Waals surface area contributed by atoms with Crippen molar-refractivity contribution in [3.8, 4) is 0 Å². The normalized spacial score (nSPS) is 35.1. The second-order valence-corrected chi connectivity index (χ2v) is 1.74. The summed E-state index contributed by atoms with van der Waals surface area (Å²) in [6, 6.07) is -0.353. The SMILES string of the molecule is N[13CH]1N[13C](=O)N[13CH](N)N1. The van der Waals surface area contributed by atoms with Gasteiger partial charge < -0.3 is 10.6 Å². The van der Waals surface area contributed by atoms with Gasteiger partial charge in [-0.05, 0) is 0 Å². The van der Waals surface area contributed by atoms with Gasteiger partial charge in [0.25, 0.3) is 0 Å². The molecule has 1 heterocycles. The number of urea groups is 1. The topological polar surface area (TPSA) is 105 Å². The van der Waals surface area contributed by atoms with E-state index in [4.69, 9.17) is 11.5 Å². The van der Waals surface area contributed by atoms with Crippen molar-refractivity contribution in [3.05, 3.63) is 0 Å². The summed E-state index contributed by atoms with van der Waals surface area (Å²) < 4.78 is 0. The smallest absolute Gasteiger partial charge is 0.310 e. The Balaban J connectivity index is 2.43. The van der Waals surface area contributed by atoms with Crippen LogP contribution in [0.25, 0.3) is 0 Å². The predicted octanol–water partition coefficient (Wildman–Crippen LogP) is -2.63. The van der Waals surface area contributed by atoms with Gasteiger partial charge in [-0.2, -0.15) is 0 Å². The number of carbonyl (C=O) groups excluding carboxylic acids is 1. The van der Waals surface area contributed by atoms with Gasteiger partial charge in [0.15, 0.2) is 0 Å². The molecule has 0 aromatic rings. The standard InChI is InChI=1S/C3H9N5O/c4-1-6-2(5)8-3(9)7-1/h1-2,6H,4-5H2,(H2,7,8,9)/i1+1,2+1,3+1. The fourth-order valence-electron chi connectivity index (χ4n) is 0.601. The molecule has 0 saturated carbocycles. The van der Waals surface area contributed by atoms with Crippen molar-refractivity contribution in [2.75, 3.05) is 0 Å². The third-order valence-electron chi connectivity index (χ3n) is 0.932. The van der Waals surface area contributed by atoms with Crippen LogP contribution >= 0.6 is 0 Å². The summed E-state index contributed by atoms with van der Waals surface area (Å²) in [5.41, 5.74) is 10.5. The minimum atomic E-state index is -0.547. The molecule has 52 valence electrons. The lowest BCUT2D eigenvalue weighted by atomic mass is 11.3. The van der Waals surface area contributed by atoms with E-state index in [9.17, 15) is 4.79 Å². The molecule has 0 aliphatic carbocycles. The van der Waals surface area contributed by atoms with Gasteiger partial charge in [0.2, 0.25) is 0 Å². The zero-order valence-electron chi connectivity index (χ0n) is 4.72. The summed E-state index contributed by atoms with van der Waals surface area (Å²) in [7, 11) is 0. The Morgan fingerprint density at radius 1 is 1.22 bits per heavy atom. The summed E-state index contributed by atoms with van der Waals surface area (Å²) in [6.45, 7) is 0. The van der Waals surface area contributed by atoms with Gasteiger partial charge in [0.1, 0.15) is 12.6 Å². The molecule has 2 amide bonds. The highest BCUT2D eigenvalue weighted by molar-refractivity contribution is 5.75. The van der Waals surface area contributed by atoms with Crippen molar-refractivity contribution in [2.24, 2.45) is 11.5 Å². The number of hydrogen-bond donors (Lipinski definition) is 5. The number of nitrogens with two attached hydrogens (primary N) is 2. The van der Waals surface area contributed by atoms with Crippen LogP contribution in [0.2, 0.25) is 0 Å². The van der Waals surface area contributed by atoms with Gasteiger partial charge >= 0.3 is 6.03 Å². The Morgan fingerprint density at radius 3 is 2.00 bits per heavy atom. The molecule has 1 fully saturated rings. The van der Waals surface area contributed by atoms with Crippen LogP contribution in [0.1, 0.15) is 0 Å². The molecular weight excluding hydrogens is 125 g/mol. The highest BCUT2D eigenvalue weighted by Crippen LogP contribution is 1.77. The minimum absolute atomic E-state index is 0.353. The van der Waals surface area contributed by atoms with Crippen LogP contribution in [-0.2, 0) is 0 Å². The Morgan fingerprint density at radius 2 is 1.67 bits per heavy atom. The van der Waals surface area contributed by atoms with E-state index in [1.807, 2.05) is 0 Å². The monoisotopic (exact) mass is 134 g/mol. The van der Waals surface area contributed by atoms with Gasteiger partial charge in [-0.25, -0.2) is 4.79 Å². The summed E-state index contributed by atoms with van der Waals surface area (Å²) >= 11 is 0. The zero-order valence-corrected chi connectivity index (χ0v) is 4.72. The van der Waals surface area contributed by atoms with Gasteiger partial charge in [-0.1, -0.05) is 0 Å². The summed E-state index contributed by atoms with van der Waals surface area (Å²) in [5, 5.41) is 7.31. The fraction of sp³-hybridized carbons (Fsp3) is 0.667. The first kappa shape index (κ1) is 6.27. The molecule has 1 saturated heterocycles. The van der Waals surface area contributed by atoms with Crippen LogP contribution in [0.3, 0.4) is 0 Å². The van der Waals surface area contributed by atoms with E-state index in [2.05, 4.69) is 16.0 Å². The Hall–Kier alpha value is -0.850. The molecule has 6 nitrogen and oxygen atoms in total. The van der Waals surface area contributed by atoms with Crippen LogP contribution in [0, 0.1) is 0 Å². The van der Waals surface area contributed by atoms with Crippen molar-refractivity contribution in [1.29, 1.82) is 0 Å². The zero-order chi connectivity index (χ0) is 6.85. The van der Waals surface area contributed by atoms with Crippen LogP contribution in [0.4, 0.5) is 4.79 Å². The maximum atomic E-state index is 10.5. The average molecular weight is 134 g/mol. The molecule has 0 spiro atoms. The molecule has 6 heteroatoms. The molecule has 0 radical (unpaired) electrons. The number of nitrogens with one attached hydrogen (secondary N) is 3. The second kappa shape index (κ2) is 2.18.